The number of hydrogen-bond acceptors (Lipinski definition) is 5. The summed E-state index contributed by atoms with van der Waals surface area (Å²) in [7, 11) is 0. The van der Waals surface area contributed by atoms with Crippen molar-refractivity contribution < 1.29 is 0 Å². The maximum Gasteiger partial charge on any atom is 0.227 e. The highest BCUT2D eigenvalue weighted by molar-refractivity contribution is 9.11. The van der Waals surface area contributed by atoms with Gasteiger partial charge in [0.25, 0.3) is 0 Å². The standard InChI is InChI=1S/C16H24BrN5/c1-13(17)12-20-7-9-21(10-8-20)15-11-14(2)18-16(19-15)22-5-3-4-6-22/h11H,1,3-10,12H2,2H3. The number of anilines is 2. The minimum absolute atomic E-state index is 0.906. The summed E-state index contributed by atoms with van der Waals surface area (Å²) in [4.78, 5) is 16.5. The molecule has 1 aromatic rings. The van der Waals surface area contributed by atoms with E-state index in [1.165, 1.54) is 12.8 Å². The van der Waals surface area contributed by atoms with Crippen LogP contribution in [0.25, 0.3) is 0 Å². The first-order valence-corrected chi connectivity index (χ1v) is 8.82. The van der Waals surface area contributed by atoms with Crippen LogP contribution in [0.4, 0.5) is 11.8 Å². The van der Waals surface area contributed by atoms with Gasteiger partial charge in [0.2, 0.25) is 5.95 Å². The van der Waals surface area contributed by atoms with Gasteiger partial charge >= 0.3 is 0 Å². The van der Waals surface area contributed by atoms with Crippen LogP contribution in [0.2, 0.25) is 0 Å². The summed E-state index contributed by atoms with van der Waals surface area (Å²) >= 11 is 3.45. The smallest absolute Gasteiger partial charge is 0.227 e. The van der Waals surface area contributed by atoms with E-state index in [0.29, 0.717) is 0 Å². The van der Waals surface area contributed by atoms with E-state index >= 15 is 0 Å². The summed E-state index contributed by atoms with van der Waals surface area (Å²) < 4.78 is 1.05. The molecule has 1 aromatic heterocycles. The van der Waals surface area contributed by atoms with Crippen LogP contribution >= 0.6 is 15.9 Å². The number of rotatable bonds is 4. The molecule has 5 nitrogen and oxygen atoms in total. The van der Waals surface area contributed by atoms with Crippen molar-refractivity contribution in [2.24, 2.45) is 0 Å². The quantitative estimate of drug-likeness (QED) is 0.818. The minimum Gasteiger partial charge on any atom is -0.354 e. The Morgan fingerprint density at radius 2 is 1.77 bits per heavy atom. The average Bonchev–Trinajstić information content (AvgIpc) is 3.01. The minimum atomic E-state index is 0.906. The van der Waals surface area contributed by atoms with Crippen molar-refractivity contribution in [2.45, 2.75) is 19.8 Å². The first-order valence-electron chi connectivity index (χ1n) is 8.03. The van der Waals surface area contributed by atoms with E-state index in [1.807, 2.05) is 0 Å². The van der Waals surface area contributed by atoms with Gasteiger partial charge in [0.05, 0.1) is 0 Å². The van der Waals surface area contributed by atoms with Crippen molar-refractivity contribution in [3.05, 3.63) is 22.8 Å². The van der Waals surface area contributed by atoms with Crippen molar-refractivity contribution in [3.63, 3.8) is 0 Å². The molecule has 0 aliphatic carbocycles. The Bertz CT molecular complexity index is 533. The van der Waals surface area contributed by atoms with Gasteiger partial charge in [-0.1, -0.05) is 22.5 Å². The molecular weight excluding hydrogens is 342 g/mol. The fraction of sp³-hybridized carbons (Fsp3) is 0.625. The highest BCUT2D eigenvalue weighted by Gasteiger charge is 2.21. The second-order valence-corrected chi connectivity index (χ2v) is 7.26. The van der Waals surface area contributed by atoms with Gasteiger partial charge in [0.15, 0.2) is 0 Å². The number of aryl methyl sites for hydroxylation is 1. The number of hydrogen-bond donors (Lipinski definition) is 0. The maximum absolute atomic E-state index is 4.82. The fourth-order valence-corrected chi connectivity index (χ4v) is 3.49. The largest absolute Gasteiger partial charge is 0.354 e. The third kappa shape index (κ3) is 3.79. The number of nitrogens with zero attached hydrogens (tertiary/aromatic N) is 5. The fourth-order valence-electron chi connectivity index (χ4n) is 3.13. The lowest BCUT2D eigenvalue weighted by Crippen LogP contribution is -2.47. The summed E-state index contributed by atoms with van der Waals surface area (Å²) in [6.07, 6.45) is 2.50. The predicted molar refractivity (Wildman–Crippen MR) is 94.9 cm³/mol. The molecule has 0 radical (unpaired) electrons. The second-order valence-electron chi connectivity index (χ2n) is 6.14. The summed E-state index contributed by atoms with van der Waals surface area (Å²) in [5, 5.41) is 0. The number of halogens is 1. The molecule has 120 valence electrons. The summed E-state index contributed by atoms with van der Waals surface area (Å²) in [6.45, 7) is 13.2. The number of aromatic nitrogens is 2. The molecule has 0 amide bonds. The molecule has 2 aliphatic heterocycles. The molecule has 2 fully saturated rings. The van der Waals surface area contributed by atoms with Gasteiger partial charge in [0.1, 0.15) is 5.82 Å². The molecule has 22 heavy (non-hydrogen) atoms. The second kappa shape index (κ2) is 6.96. The Morgan fingerprint density at radius 1 is 1.09 bits per heavy atom. The van der Waals surface area contributed by atoms with E-state index in [9.17, 15) is 0 Å². The zero-order valence-electron chi connectivity index (χ0n) is 13.3. The van der Waals surface area contributed by atoms with Gasteiger partial charge in [0, 0.05) is 62.1 Å². The summed E-state index contributed by atoms with van der Waals surface area (Å²) in [5.41, 5.74) is 1.06. The van der Waals surface area contributed by atoms with Crippen LogP contribution in [0.5, 0.6) is 0 Å². The SMILES string of the molecule is C=C(Br)CN1CCN(c2cc(C)nc(N3CCCC3)n2)CC1. The normalized spacial score (nSPS) is 19.7. The Kier molecular flexibility index (Phi) is 4.98. The van der Waals surface area contributed by atoms with Gasteiger partial charge < -0.3 is 9.80 Å². The van der Waals surface area contributed by atoms with Crippen LogP contribution in [-0.4, -0.2) is 60.7 Å². The van der Waals surface area contributed by atoms with Gasteiger partial charge in [-0.15, -0.1) is 0 Å². The van der Waals surface area contributed by atoms with E-state index < -0.39 is 0 Å². The number of piperazine rings is 1. The van der Waals surface area contributed by atoms with Crippen LogP contribution in [0.3, 0.4) is 0 Å². The molecule has 0 aromatic carbocycles. The lowest BCUT2D eigenvalue weighted by Gasteiger charge is -2.35. The molecule has 2 saturated heterocycles. The first kappa shape index (κ1) is 15.7. The Labute approximate surface area is 141 Å². The van der Waals surface area contributed by atoms with Crippen LogP contribution in [-0.2, 0) is 0 Å². The van der Waals surface area contributed by atoms with E-state index in [4.69, 9.17) is 4.98 Å². The Hall–Kier alpha value is -1.14. The molecule has 6 heteroatoms. The molecule has 3 rings (SSSR count). The van der Waals surface area contributed by atoms with E-state index in [2.05, 4.69) is 55.2 Å². The lowest BCUT2D eigenvalue weighted by atomic mass is 10.3. The Morgan fingerprint density at radius 3 is 2.41 bits per heavy atom. The van der Waals surface area contributed by atoms with Gasteiger partial charge in [-0.2, -0.15) is 4.98 Å². The van der Waals surface area contributed by atoms with Crippen molar-refractivity contribution in [2.75, 3.05) is 55.6 Å². The zero-order valence-corrected chi connectivity index (χ0v) is 14.8. The van der Waals surface area contributed by atoms with E-state index in [0.717, 1.165) is 67.8 Å². The Balaban J connectivity index is 1.68. The third-order valence-corrected chi connectivity index (χ3v) is 4.56. The zero-order chi connectivity index (χ0) is 15.5. The van der Waals surface area contributed by atoms with Gasteiger partial charge in [-0.05, 0) is 19.8 Å². The van der Waals surface area contributed by atoms with Crippen LogP contribution in [0.15, 0.2) is 17.1 Å². The predicted octanol–water partition coefficient (Wildman–Crippen LogP) is 2.42. The van der Waals surface area contributed by atoms with Gasteiger partial charge in [-0.3, -0.25) is 4.90 Å². The average molecular weight is 366 g/mol. The molecule has 0 spiro atoms. The van der Waals surface area contributed by atoms with Crippen LogP contribution in [0, 0.1) is 6.92 Å². The first-order chi connectivity index (χ1) is 10.6. The highest BCUT2D eigenvalue weighted by Crippen LogP contribution is 2.22. The highest BCUT2D eigenvalue weighted by atomic mass is 79.9. The summed E-state index contributed by atoms with van der Waals surface area (Å²) in [6, 6.07) is 2.11. The van der Waals surface area contributed by atoms with Crippen molar-refractivity contribution >= 4 is 27.7 Å². The molecule has 0 unspecified atom stereocenters. The molecule has 0 atom stereocenters. The topological polar surface area (TPSA) is 35.5 Å². The molecule has 0 N–H and O–H groups in total. The molecule has 0 bridgehead atoms. The van der Waals surface area contributed by atoms with Crippen LogP contribution < -0.4 is 9.80 Å². The third-order valence-electron chi connectivity index (χ3n) is 4.31. The van der Waals surface area contributed by atoms with Crippen molar-refractivity contribution in [1.29, 1.82) is 0 Å². The van der Waals surface area contributed by atoms with Gasteiger partial charge in [-0.25, -0.2) is 4.98 Å². The van der Waals surface area contributed by atoms with Crippen molar-refractivity contribution in [1.82, 2.24) is 14.9 Å². The van der Waals surface area contributed by atoms with Crippen LogP contribution in [0.1, 0.15) is 18.5 Å². The molecule has 2 aliphatic rings. The van der Waals surface area contributed by atoms with E-state index in [-0.39, 0.29) is 0 Å². The molecule has 3 heterocycles. The molecule has 0 saturated carbocycles. The monoisotopic (exact) mass is 365 g/mol. The maximum atomic E-state index is 4.82. The van der Waals surface area contributed by atoms with E-state index in [1.54, 1.807) is 0 Å². The lowest BCUT2D eigenvalue weighted by molar-refractivity contribution is 0.282. The van der Waals surface area contributed by atoms with Crippen molar-refractivity contribution in [3.8, 4) is 0 Å². The molecular formula is C16H24BrN5. The summed E-state index contributed by atoms with van der Waals surface area (Å²) in [5.74, 6) is 1.98.